The van der Waals surface area contributed by atoms with Crippen molar-refractivity contribution in [2.24, 2.45) is 10.9 Å². The SMILES string of the molecule is CCNC(=NCC1(N(C)C)CCCC(C)C1)NCCCN1CCCC1=O.I. The van der Waals surface area contributed by atoms with Gasteiger partial charge in [-0.3, -0.25) is 9.79 Å². The van der Waals surface area contributed by atoms with Crippen molar-refractivity contribution in [3.05, 3.63) is 0 Å². The fourth-order valence-electron chi connectivity index (χ4n) is 4.31. The standard InChI is InChI=1S/C20H39N5O.HI/c1-5-21-19(22-12-8-14-25-13-7-10-18(25)26)23-16-20(24(3)4)11-6-9-17(2)15-20;/h17H,5-16H2,1-4H3,(H2,21,22,23);1H. The average Bonchev–Trinajstić information content (AvgIpc) is 3.01. The number of carbonyl (C=O) groups excluding carboxylic acids is 1. The lowest BCUT2D eigenvalue weighted by Gasteiger charge is -2.44. The maximum Gasteiger partial charge on any atom is 0.222 e. The molecule has 1 amide bonds. The Morgan fingerprint density at radius 2 is 2.11 bits per heavy atom. The van der Waals surface area contributed by atoms with E-state index in [2.05, 4.69) is 43.5 Å². The van der Waals surface area contributed by atoms with Crippen molar-refractivity contribution in [1.82, 2.24) is 20.4 Å². The summed E-state index contributed by atoms with van der Waals surface area (Å²) in [6.07, 6.45) is 7.79. The second-order valence-corrected chi connectivity index (χ2v) is 8.28. The molecule has 158 valence electrons. The van der Waals surface area contributed by atoms with Gasteiger partial charge in [0.2, 0.25) is 5.91 Å². The summed E-state index contributed by atoms with van der Waals surface area (Å²) in [7, 11) is 4.39. The van der Waals surface area contributed by atoms with E-state index in [1.54, 1.807) is 0 Å². The van der Waals surface area contributed by atoms with Crippen LogP contribution in [-0.4, -0.2) is 74.0 Å². The first-order valence-electron chi connectivity index (χ1n) is 10.4. The number of hydrogen-bond donors (Lipinski definition) is 2. The van der Waals surface area contributed by atoms with Gasteiger partial charge in [0.05, 0.1) is 6.54 Å². The van der Waals surface area contributed by atoms with Crippen LogP contribution in [-0.2, 0) is 4.79 Å². The number of nitrogens with one attached hydrogen (secondary N) is 2. The first-order valence-corrected chi connectivity index (χ1v) is 10.4. The molecule has 0 spiro atoms. The number of carbonyl (C=O) groups is 1. The largest absolute Gasteiger partial charge is 0.357 e. The van der Waals surface area contributed by atoms with E-state index in [9.17, 15) is 4.79 Å². The molecular formula is C20H40IN5O. The molecule has 0 aromatic heterocycles. The molecule has 0 radical (unpaired) electrons. The predicted molar refractivity (Wildman–Crippen MR) is 124 cm³/mol. The molecule has 1 saturated carbocycles. The van der Waals surface area contributed by atoms with E-state index in [1.807, 2.05) is 4.90 Å². The number of hydrogen-bond acceptors (Lipinski definition) is 3. The third kappa shape index (κ3) is 7.40. The molecule has 2 rings (SSSR count). The van der Waals surface area contributed by atoms with Crippen LogP contribution in [0.2, 0.25) is 0 Å². The molecule has 27 heavy (non-hydrogen) atoms. The van der Waals surface area contributed by atoms with Gasteiger partial charge in [-0.25, -0.2) is 0 Å². The molecule has 1 heterocycles. The van der Waals surface area contributed by atoms with E-state index >= 15 is 0 Å². The van der Waals surface area contributed by atoms with Crippen molar-refractivity contribution < 1.29 is 4.79 Å². The maximum atomic E-state index is 11.7. The minimum Gasteiger partial charge on any atom is -0.357 e. The molecule has 1 aliphatic carbocycles. The van der Waals surface area contributed by atoms with Gasteiger partial charge in [-0.05, 0) is 52.6 Å². The Balaban J connectivity index is 0.00000364. The van der Waals surface area contributed by atoms with Gasteiger partial charge in [0.15, 0.2) is 5.96 Å². The summed E-state index contributed by atoms with van der Waals surface area (Å²) in [6, 6.07) is 0. The molecule has 2 N–H and O–H groups in total. The summed E-state index contributed by atoms with van der Waals surface area (Å²) in [6.45, 7) is 8.79. The molecule has 0 aromatic carbocycles. The smallest absolute Gasteiger partial charge is 0.222 e. The third-order valence-corrected chi connectivity index (χ3v) is 5.96. The summed E-state index contributed by atoms with van der Waals surface area (Å²) < 4.78 is 0. The zero-order valence-corrected chi connectivity index (χ0v) is 20.1. The number of halogens is 1. The van der Waals surface area contributed by atoms with Crippen molar-refractivity contribution in [3.8, 4) is 0 Å². The van der Waals surface area contributed by atoms with Crippen LogP contribution >= 0.6 is 24.0 Å². The van der Waals surface area contributed by atoms with Gasteiger partial charge in [-0.15, -0.1) is 24.0 Å². The number of amides is 1. The molecule has 2 atom stereocenters. The van der Waals surface area contributed by atoms with Crippen LogP contribution in [0.5, 0.6) is 0 Å². The molecular weight excluding hydrogens is 453 g/mol. The zero-order valence-electron chi connectivity index (χ0n) is 17.7. The fraction of sp³-hybridized carbons (Fsp3) is 0.900. The number of likely N-dealkylation sites (tertiary alicyclic amines) is 1. The Hall–Kier alpha value is -0.570. The summed E-state index contributed by atoms with van der Waals surface area (Å²) in [4.78, 5) is 21.0. The highest BCUT2D eigenvalue weighted by atomic mass is 127. The first-order chi connectivity index (χ1) is 12.5. The molecule has 2 aliphatic rings. The Bertz CT molecular complexity index is 485. The second-order valence-electron chi connectivity index (χ2n) is 8.28. The number of likely N-dealkylation sites (N-methyl/N-ethyl adjacent to an activating group) is 1. The minimum absolute atomic E-state index is 0. The van der Waals surface area contributed by atoms with Gasteiger partial charge < -0.3 is 20.4 Å². The molecule has 2 unspecified atom stereocenters. The monoisotopic (exact) mass is 493 g/mol. The van der Waals surface area contributed by atoms with Crippen molar-refractivity contribution >= 4 is 35.8 Å². The minimum atomic E-state index is 0. The van der Waals surface area contributed by atoms with Gasteiger partial charge in [0.1, 0.15) is 0 Å². The third-order valence-electron chi connectivity index (χ3n) is 5.96. The van der Waals surface area contributed by atoms with E-state index in [-0.39, 0.29) is 29.5 Å². The maximum absolute atomic E-state index is 11.7. The molecule has 1 saturated heterocycles. The lowest BCUT2D eigenvalue weighted by molar-refractivity contribution is -0.127. The normalized spacial score (nSPS) is 26.3. The lowest BCUT2D eigenvalue weighted by atomic mass is 9.75. The molecule has 7 heteroatoms. The lowest BCUT2D eigenvalue weighted by Crippen LogP contribution is -2.51. The van der Waals surface area contributed by atoms with Crippen LogP contribution < -0.4 is 10.6 Å². The Labute approximate surface area is 182 Å². The Morgan fingerprint density at radius 1 is 1.33 bits per heavy atom. The van der Waals surface area contributed by atoms with E-state index in [0.717, 1.165) is 63.9 Å². The van der Waals surface area contributed by atoms with E-state index < -0.39 is 0 Å². The average molecular weight is 493 g/mol. The quantitative estimate of drug-likeness (QED) is 0.236. The number of nitrogens with zero attached hydrogens (tertiary/aromatic N) is 3. The number of guanidine groups is 1. The van der Waals surface area contributed by atoms with Crippen molar-refractivity contribution in [2.45, 2.75) is 64.3 Å². The summed E-state index contributed by atoms with van der Waals surface area (Å²) >= 11 is 0. The van der Waals surface area contributed by atoms with Crippen LogP contribution in [0, 0.1) is 5.92 Å². The first kappa shape index (κ1) is 24.5. The van der Waals surface area contributed by atoms with Gasteiger partial charge >= 0.3 is 0 Å². The van der Waals surface area contributed by atoms with Gasteiger partial charge in [-0.1, -0.05) is 19.8 Å². The van der Waals surface area contributed by atoms with Crippen molar-refractivity contribution in [1.29, 1.82) is 0 Å². The molecule has 0 bridgehead atoms. The van der Waals surface area contributed by atoms with Crippen LogP contribution in [0.4, 0.5) is 0 Å². The summed E-state index contributed by atoms with van der Waals surface area (Å²) in [5, 5.41) is 6.82. The highest BCUT2D eigenvalue weighted by molar-refractivity contribution is 14.0. The van der Waals surface area contributed by atoms with Crippen LogP contribution in [0.25, 0.3) is 0 Å². The van der Waals surface area contributed by atoms with Gasteiger partial charge in [0.25, 0.3) is 0 Å². The Kier molecular flexibility index (Phi) is 11.0. The summed E-state index contributed by atoms with van der Waals surface area (Å²) in [5.74, 6) is 1.99. The van der Waals surface area contributed by atoms with Crippen molar-refractivity contribution in [2.75, 3.05) is 46.8 Å². The van der Waals surface area contributed by atoms with Gasteiger partial charge in [0, 0.05) is 38.1 Å². The Morgan fingerprint density at radius 3 is 2.70 bits per heavy atom. The second kappa shape index (κ2) is 12.1. The summed E-state index contributed by atoms with van der Waals surface area (Å²) in [5.41, 5.74) is 0.183. The van der Waals surface area contributed by atoms with Gasteiger partial charge in [-0.2, -0.15) is 0 Å². The molecule has 6 nitrogen and oxygen atoms in total. The van der Waals surface area contributed by atoms with E-state index in [0.29, 0.717) is 5.91 Å². The topological polar surface area (TPSA) is 60.0 Å². The highest BCUT2D eigenvalue weighted by Gasteiger charge is 2.36. The zero-order chi connectivity index (χ0) is 19.0. The number of aliphatic imine (C=N–C) groups is 1. The number of rotatable bonds is 8. The van der Waals surface area contributed by atoms with Crippen LogP contribution in [0.15, 0.2) is 4.99 Å². The molecule has 2 fully saturated rings. The molecule has 1 aliphatic heterocycles. The fourth-order valence-corrected chi connectivity index (χ4v) is 4.31. The van der Waals surface area contributed by atoms with Crippen molar-refractivity contribution in [3.63, 3.8) is 0 Å². The highest BCUT2D eigenvalue weighted by Crippen LogP contribution is 2.35. The van der Waals surface area contributed by atoms with E-state index in [1.165, 1.54) is 25.7 Å². The van der Waals surface area contributed by atoms with E-state index in [4.69, 9.17) is 4.99 Å². The van der Waals surface area contributed by atoms with Crippen LogP contribution in [0.1, 0.15) is 58.8 Å². The predicted octanol–water partition coefficient (Wildman–Crippen LogP) is 2.68. The van der Waals surface area contributed by atoms with Crippen LogP contribution in [0.3, 0.4) is 0 Å². The molecule has 0 aromatic rings.